The van der Waals surface area contributed by atoms with Crippen LogP contribution in [0, 0.1) is 5.82 Å². The number of carbonyl (C=O) groups is 1. The van der Waals surface area contributed by atoms with Gasteiger partial charge in [0.25, 0.3) is 0 Å². The van der Waals surface area contributed by atoms with Crippen LogP contribution in [0.15, 0.2) is 30.3 Å². The molecule has 2 aromatic rings. The Hall–Kier alpha value is -2.76. The van der Waals surface area contributed by atoms with Crippen LogP contribution in [0.25, 0.3) is 0 Å². The molecule has 5 nitrogen and oxygen atoms in total. The molecule has 1 atom stereocenters. The van der Waals surface area contributed by atoms with E-state index in [1.54, 1.807) is 12.1 Å². The predicted octanol–water partition coefficient (Wildman–Crippen LogP) is 2.73. The van der Waals surface area contributed by atoms with E-state index in [4.69, 9.17) is 9.47 Å². The van der Waals surface area contributed by atoms with Crippen LogP contribution in [0.5, 0.6) is 17.2 Å². The molecule has 0 aromatic heterocycles. The van der Waals surface area contributed by atoms with Gasteiger partial charge in [-0.3, -0.25) is 4.79 Å². The molecule has 2 aromatic carbocycles. The highest BCUT2D eigenvalue weighted by atomic mass is 19.1. The van der Waals surface area contributed by atoms with Crippen molar-refractivity contribution in [2.45, 2.75) is 12.3 Å². The average molecular weight is 301 g/mol. The average Bonchev–Trinajstić information content (AvgIpc) is 2.91. The molecule has 0 bridgehead atoms. The number of phenolic OH excluding ortho intramolecular Hbond substituents is 1. The zero-order chi connectivity index (χ0) is 15.3. The number of rotatable bonds is 1. The molecule has 0 radical (unpaired) electrons. The fraction of sp³-hybridized carbons (Fsp3) is 0.188. The molecule has 4 rings (SSSR count). The topological polar surface area (TPSA) is 67.8 Å². The quantitative estimate of drug-likeness (QED) is 0.850. The molecular formula is C16H12FNO4. The Bertz CT molecular complexity index is 790. The first-order valence-electron chi connectivity index (χ1n) is 6.83. The Morgan fingerprint density at radius 3 is 2.68 bits per heavy atom. The molecular weight excluding hydrogens is 289 g/mol. The Morgan fingerprint density at radius 2 is 1.91 bits per heavy atom. The lowest BCUT2D eigenvalue weighted by atomic mass is 9.84. The van der Waals surface area contributed by atoms with E-state index >= 15 is 0 Å². The molecule has 2 heterocycles. The van der Waals surface area contributed by atoms with Gasteiger partial charge in [-0.15, -0.1) is 0 Å². The lowest BCUT2D eigenvalue weighted by molar-refractivity contribution is -0.116. The second-order valence-electron chi connectivity index (χ2n) is 5.30. The highest BCUT2D eigenvalue weighted by Gasteiger charge is 2.31. The monoisotopic (exact) mass is 301 g/mol. The Balaban J connectivity index is 1.86. The van der Waals surface area contributed by atoms with Crippen LogP contribution in [-0.4, -0.2) is 17.8 Å². The summed E-state index contributed by atoms with van der Waals surface area (Å²) >= 11 is 0. The number of aromatic hydroxyl groups is 1. The zero-order valence-electron chi connectivity index (χ0n) is 11.4. The minimum atomic E-state index is -0.521. The molecule has 0 spiro atoms. The largest absolute Gasteiger partial charge is 0.508 e. The maximum Gasteiger partial charge on any atom is 0.231 e. The third-order valence-electron chi connectivity index (χ3n) is 3.95. The first kappa shape index (κ1) is 12.9. The van der Waals surface area contributed by atoms with Gasteiger partial charge in [-0.05, 0) is 17.7 Å². The zero-order valence-corrected chi connectivity index (χ0v) is 11.4. The lowest BCUT2D eigenvalue weighted by Gasteiger charge is -2.26. The summed E-state index contributed by atoms with van der Waals surface area (Å²) < 4.78 is 23.9. The van der Waals surface area contributed by atoms with Crippen molar-refractivity contribution in [2.24, 2.45) is 0 Å². The Kier molecular flexibility index (Phi) is 2.72. The fourth-order valence-corrected chi connectivity index (χ4v) is 2.94. The number of phenols is 1. The van der Waals surface area contributed by atoms with Crippen LogP contribution in [0.4, 0.5) is 10.1 Å². The van der Waals surface area contributed by atoms with Crippen LogP contribution in [0.1, 0.15) is 23.5 Å². The highest BCUT2D eigenvalue weighted by molar-refractivity contribution is 5.96. The number of carbonyl (C=O) groups excluding carboxylic acids is 1. The second-order valence-corrected chi connectivity index (χ2v) is 5.30. The van der Waals surface area contributed by atoms with Crippen LogP contribution in [0.2, 0.25) is 0 Å². The van der Waals surface area contributed by atoms with Crippen LogP contribution in [0.3, 0.4) is 0 Å². The molecule has 6 heteroatoms. The van der Waals surface area contributed by atoms with Crippen molar-refractivity contribution >= 4 is 11.6 Å². The summed E-state index contributed by atoms with van der Waals surface area (Å²) in [6, 6.07) is 7.33. The van der Waals surface area contributed by atoms with Crippen LogP contribution >= 0.6 is 0 Å². The van der Waals surface area contributed by atoms with Crippen molar-refractivity contribution in [3.63, 3.8) is 0 Å². The van der Waals surface area contributed by atoms with E-state index < -0.39 is 5.82 Å². The molecule has 2 aliphatic rings. The van der Waals surface area contributed by atoms with Gasteiger partial charge in [0.15, 0.2) is 11.5 Å². The molecule has 1 amide bonds. The van der Waals surface area contributed by atoms with Gasteiger partial charge in [0.05, 0.1) is 0 Å². The second kappa shape index (κ2) is 4.62. The van der Waals surface area contributed by atoms with Gasteiger partial charge in [0, 0.05) is 35.7 Å². The molecule has 2 N–H and O–H groups in total. The number of amides is 1. The molecule has 0 aliphatic carbocycles. The number of fused-ring (bicyclic) bond motifs is 2. The standard InChI is InChI=1S/C16H12FNO4/c17-8-1-2-9(13(19)3-8)10-5-16(20)18-12-6-15-14(4-11(10)12)21-7-22-15/h1-4,6,10,19H,5,7H2,(H,18,20)/t10-/m1/s1. The van der Waals surface area contributed by atoms with Crippen molar-refractivity contribution < 1.29 is 23.8 Å². The summed E-state index contributed by atoms with van der Waals surface area (Å²) in [7, 11) is 0. The number of benzene rings is 2. The minimum absolute atomic E-state index is 0.138. The molecule has 112 valence electrons. The number of hydrogen-bond donors (Lipinski definition) is 2. The molecule has 22 heavy (non-hydrogen) atoms. The van der Waals surface area contributed by atoms with Gasteiger partial charge >= 0.3 is 0 Å². The van der Waals surface area contributed by atoms with Crippen LogP contribution < -0.4 is 14.8 Å². The molecule has 0 saturated heterocycles. The third-order valence-corrected chi connectivity index (χ3v) is 3.95. The number of halogens is 1. The Morgan fingerprint density at radius 1 is 1.14 bits per heavy atom. The SMILES string of the molecule is O=C1C[C@H](c2ccc(F)cc2O)c2cc3c(cc2N1)OCO3. The maximum absolute atomic E-state index is 13.2. The van der Waals surface area contributed by atoms with E-state index in [0.717, 1.165) is 11.6 Å². The minimum Gasteiger partial charge on any atom is -0.508 e. The van der Waals surface area contributed by atoms with Crippen molar-refractivity contribution in [2.75, 3.05) is 12.1 Å². The van der Waals surface area contributed by atoms with Gasteiger partial charge in [0.1, 0.15) is 11.6 Å². The predicted molar refractivity (Wildman–Crippen MR) is 75.7 cm³/mol. The number of nitrogens with one attached hydrogen (secondary N) is 1. The normalized spacial score (nSPS) is 18.8. The van der Waals surface area contributed by atoms with Crippen molar-refractivity contribution in [1.82, 2.24) is 0 Å². The van der Waals surface area contributed by atoms with E-state index in [-0.39, 0.29) is 30.8 Å². The molecule has 0 saturated carbocycles. The number of hydrogen-bond acceptors (Lipinski definition) is 4. The molecule has 2 aliphatic heterocycles. The number of ether oxygens (including phenoxy) is 2. The molecule has 0 fully saturated rings. The number of anilines is 1. The first-order chi connectivity index (χ1) is 10.6. The third kappa shape index (κ3) is 1.95. The van der Waals surface area contributed by atoms with Gasteiger partial charge < -0.3 is 19.9 Å². The summed E-state index contributed by atoms with van der Waals surface area (Å²) in [5, 5.41) is 12.8. The van der Waals surface area contributed by atoms with Gasteiger partial charge in [-0.25, -0.2) is 4.39 Å². The summed E-state index contributed by atoms with van der Waals surface area (Å²) in [6.45, 7) is 0.138. The van der Waals surface area contributed by atoms with E-state index in [9.17, 15) is 14.3 Å². The summed E-state index contributed by atoms with van der Waals surface area (Å²) in [4.78, 5) is 11.9. The Labute approximate surface area is 125 Å². The molecule has 0 unspecified atom stereocenters. The van der Waals surface area contributed by atoms with Gasteiger partial charge in [-0.1, -0.05) is 6.07 Å². The smallest absolute Gasteiger partial charge is 0.231 e. The van der Waals surface area contributed by atoms with E-state index in [2.05, 4.69) is 5.32 Å². The van der Waals surface area contributed by atoms with Crippen molar-refractivity contribution in [3.05, 3.63) is 47.3 Å². The first-order valence-corrected chi connectivity index (χ1v) is 6.83. The van der Waals surface area contributed by atoms with E-state index in [1.807, 2.05) is 0 Å². The van der Waals surface area contributed by atoms with Gasteiger partial charge in [-0.2, -0.15) is 0 Å². The summed E-state index contributed by atoms with van der Waals surface area (Å²) in [6.07, 6.45) is 0.172. The van der Waals surface area contributed by atoms with Gasteiger partial charge in [0.2, 0.25) is 12.7 Å². The maximum atomic E-state index is 13.2. The van der Waals surface area contributed by atoms with Crippen molar-refractivity contribution in [3.8, 4) is 17.2 Å². The van der Waals surface area contributed by atoms with Crippen molar-refractivity contribution in [1.29, 1.82) is 0 Å². The lowest BCUT2D eigenvalue weighted by Crippen LogP contribution is -2.23. The summed E-state index contributed by atoms with van der Waals surface area (Å²) in [5.41, 5.74) is 1.94. The van der Waals surface area contributed by atoms with E-state index in [1.165, 1.54) is 12.1 Å². The highest BCUT2D eigenvalue weighted by Crippen LogP contribution is 2.46. The fourth-order valence-electron chi connectivity index (χ4n) is 2.94. The van der Waals surface area contributed by atoms with E-state index in [0.29, 0.717) is 22.7 Å². The summed E-state index contributed by atoms with van der Waals surface area (Å²) in [5.74, 6) is -0.0424. The van der Waals surface area contributed by atoms with Crippen LogP contribution in [-0.2, 0) is 4.79 Å².